The van der Waals surface area contributed by atoms with Crippen molar-refractivity contribution in [1.82, 2.24) is 4.57 Å². The van der Waals surface area contributed by atoms with Crippen LogP contribution in [0.4, 0.5) is 0 Å². The molecule has 0 fully saturated rings. The molecule has 0 N–H and O–H groups in total. The Labute approximate surface area is 270 Å². The summed E-state index contributed by atoms with van der Waals surface area (Å²) in [6, 6.07) is 46.5. The van der Waals surface area contributed by atoms with Gasteiger partial charge < -0.3 is 13.4 Å². The maximum Gasteiger partial charge on any atom is 0.146 e. The molecule has 4 heteroatoms. The predicted octanol–water partition coefficient (Wildman–Crippen LogP) is 11.5. The largest absolute Gasteiger partial charge is 0.460 e. The van der Waals surface area contributed by atoms with Gasteiger partial charge in [-0.1, -0.05) is 78.9 Å². The maximum absolute atomic E-state index is 9.94. The molecular formula is C43H26N2O2. The van der Waals surface area contributed by atoms with Crippen LogP contribution >= 0.6 is 0 Å². The second kappa shape index (κ2) is 9.84. The minimum atomic E-state index is 0.617. The molecular weight excluding hydrogens is 576 g/mol. The van der Waals surface area contributed by atoms with Crippen molar-refractivity contribution in [3.05, 3.63) is 150 Å². The van der Waals surface area contributed by atoms with E-state index in [0.29, 0.717) is 5.56 Å². The topological polar surface area (TPSA) is 55.0 Å². The highest BCUT2D eigenvalue weighted by atomic mass is 16.3. The van der Waals surface area contributed by atoms with Gasteiger partial charge in [-0.15, -0.1) is 0 Å². The number of furan rings is 2. The Bertz CT molecular complexity index is 2750. The van der Waals surface area contributed by atoms with Gasteiger partial charge in [0.1, 0.15) is 22.5 Å². The van der Waals surface area contributed by atoms with Crippen LogP contribution in [0, 0.1) is 11.3 Å². The van der Waals surface area contributed by atoms with Crippen molar-refractivity contribution in [2.24, 2.45) is 0 Å². The average molecular weight is 603 g/mol. The second-order valence-electron chi connectivity index (χ2n) is 12.3. The molecule has 0 radical (unpaired) electrons. The van der Waals surface area contributed by atoms with Gasteiger partial charge in [0, 0.05) is 39.1 Å². The number of aryl methyl sites for hydroxylation is 1. The summed E-state index contributed by atoms with van der Waals surface area (Å²) in [4.78, 5) is 0. The van der Waals surface area contributed by atoms with E-state index >= 15 is 0 Å². The number of hydrogen-bond acceptors (Lipinski definition) is 3. The lowest BCUT2D eigenvalue weighted by Gasteiger charge is -2.15. The third kappa shape index (κ3) is 3.81. The summed E-state index contributed by atoms with van der Waals surface area (Å²) < 4.78 is 15.4. The van der Waals surface area contributed by atoms with Gasteiger partial charge in [-0.2, -0.15) is 5.26 Å². The normalized spacial score (nSPS) is 13.0. The Hall–Kier alpha value is -6.31. The van der Waals surface area contributed by atoms with Gasteiger partial charge in [0.25, 0.3) is 0 Å². The Balaban J connectivity index is 1.21. The highest BCUT2D eigenvalue weighted by Gasteiger charge is 2.23. The lowest BCUT2D eigenvalue weighted by Crippen LogP contribution is -1.98. The zero-order valence-corrected chi connectivity index (χ0v) is 25.3. The number of para-hydroxylation sites is 2. The summed E-state index contributed by atoms with van der Waals surface area (Å²) in [7, 11) is 0. The molecule has 1 aliphatic rings. The van der Waals surface area contributed by atoms with Crippen LogP contribution < -0.4 is 0 Å². The van der Waals surface area contributed by atoms with Crippen molar-refractivity contribution in [1.29, 1.82) is 5.26 Å². The van der Waals surface area contributed by atoms with Crippen LogP contribution in [0.5, 0.6) is 0 Å². The van der Waals surface area contributed by atoms with Crippen molar-refractivity contribution in [3.8, 4) is 22.9 Å². The standard InChI is InChI=1S/C43H26N2O2/c44-25-26-14-17-30(38(22-26)45-36-12-6-4-10-31(36)32-11-5-7-13-37(32)45)29-16-20-40-35(24-29)42-41(46-40)21-18-33-34-23-28(27-8-2-1-3-9-27)15-19-39(34)47-43(33)42/h1-14,16-18,20-24H,15,19H2. The van der Waals surface area contributed by atoms with Gasteiger partial charge in [-0.25, -0.2) is 0 Å². The molecule has 0 amide bonds. The minimum Gasteiger partial charge on any atom is -0.460 e. The Morgan fingerprint density at radius 3 is 2.13 bits per heavy atom. The number of nitriles is 1. The van der Waals surface area contributed by atoms with Crippen LogP contribution in [0.3, 0.4) is 0 Å². The fraction of sp³-hybridized carbons (Fsp3) is 0.0465. The zero-order valence-electron chi connectivity index (χ0n) is 25.3. The van der Waals surface area contributed by atoms with Crippen LogP contribution in [0.1, 0.15) is 28.9 Å². The molecule has 0 bridgehead atoms. The molecule has 0 atom stereocenters. The zero-order chi connectivity index (χ0) is 31.1. The van der Waals surface area contributed by atoms with Gasteiger partial charge in [-0.3, -0.25) is 0 Å². The van der Waals surface area contributed by atoms with E-state index in [1.165, 1.54) is 27.5 Å². The summed E-state index contributed by atoms with van der Waals surface area (Å²) >= 11 is 0. The van der Waals surface area contributed by atoms with Crippen LogP contribution in [-0.4, -0.2) is 4.57 Å². The number of aromatic nitrogens is 1. The first kappa shape index (κ1) is 26.0. The smallest absolute Gasteiger partial charge is 0.146 e. The molecule has 3 heterocycles. The highest BCUT2D eigenvalue weighted by Crippen LogP contribution is 2.44. The second-order valence-corrected chi connectivity index (χ2v) is 12.3. The van der Waals surface area contributed by atoms with Crippen molar-refractivity contribution in [2.75, 3.05) is 0 Å². The molecule has 3 aromatic heterocycles. The van der Waals surface area contributed by atoms with E-state index in [4.69, 9.17) is 8.83 Å². The third-order valence-corrected chi connectivity index (χ3v) is 9.75. The third-order valence-electron chi connectivity index (χ3n) is 9.75. The van der Waals surface area contributed by atoms with E-state index < -0.39 is 0 Å². The van der Waals surface area contributed by atoms with Gasteiger partial charge in [-0.05, 0) is 77.7 Å². The van der Waals surface area contributed by atoms with Crippen LogP contribution in [0.2, 0.25) is 0 Å². The molecule has 10 rings (SSSR count). The Kier molecular flexibility index (Phi) is 5.44. The van der Waals surface area contributed by atoms with E-state index in [1.807, 2.05) is 12.1 Å². The first-order valence-corrected chi connectivity index (χ1v) is 15.9. The summed E-state index contributed by atoms with van der Waals surface area (Å²) in [5.41, 5.74) is 12.1. The number of rotatable bonds is 3. The van der Waals surface area contributed by atoms with Crippen LogP contribution in [0.25, 0.3) is 83.2 Å². The summed E-state index contributed by atoms with van der Waals surface area (Å²) in [5, 5.41) is 15.4. The molecule has 4 nitrogen and oxygen atoms in total. The monoisotopic (exact) mass is 602 g/mol. The molecule has 0 spiro atoms. The Morgan fingerprint density at radius 1 is 0.596 bits per heavy atom. The van der Waals surface area contributed by atoms with E-state index in [2.05, 4.69) is 132 Å². The van der Waals surface area contributed by atoms with Crippen molar-refractivity contribution >= 4 is 66.4 Å². The predicted molar refractivity (Wildman–Crippen MR) is 191 cm³/mol. The SMILES string of the molecule is N#Cc1ccc(-c2ccc3oc4ccc5c6c(oc5c4c3c2)CCC(c2ccccc2)=C6)c(-n2c3ccccc3c3ccccc32)c1. The number of allylic oxidation sites excluding steroid dienone is 1. The lowest BCUT2D eigenvalue weighted by atomic mass is 9.91. The van der Waals surface area contributed by atoms with E-state index in [-0.39, 0.29) is 0 Å². The number of fused-ring (bicyclic) bond motifs is 10. The molecule has 6 aromatic carbocycles. The fourth-order valence-corrected chi connectivity index (χ4v) is 7.58. The highest BCUT2D eigenvalue weighted by molar-refractivity contribution is 6.19. The molecule has 220 valence electrons. The molecule has 0 saturated carbocycles. The van der Waals surface area contributed by atoms with Gasteiger partial charge in [0.15, 0.2) is 0 Å². The van der Waals surface area contributed by atoms with E-state index in [0.717, 1.165) is 79.4 Å². The first-order valence-electron chi connectivity index (χ1n) is 15.9. The summed E-state index contributed by atoms with van der Waals surface area (Å²) in [6.45, 7) is 0. The molecule has 0 saturated heterocycles. The molecule has 47 heavy (non-hydrogen) atoms. The molecule has 0 aliphatic heterocycles. The molecule has 9 aromatic rings. The molecule has 0 unspecified atom stereocenters. The maximum atomic E-state index is 9.94. The number of benzene rings is 6. The number of nitrogens with zero attached hydrogens (tertiary/aromatic N) is 2. The quantitative estimate of drug-likeness (QED) is 0.202. The van der Waals surface area contributed by atoms with E-state index in [1.54, 1.807) is 0 Å². The van der Waals surface area contributed by atoms with Gasteiger partial charge in [0.2, 0.25) is 0 Å². The average Bonchev–Trinajstić information content (AvgIpc) is 3.80. The van der Waals surface area contributed by atoms with Gasteiger partial charge in [0.05, 0.1) is 33.7 Å². The van der Waals surface area contributed by atoms with Crippen molar-refractivity contribution in [2.45, 2.75) is 12.8 Å². The van der Waals surface area contributed by atoms with Crippen LogP contribution in [-0.2, 0) is 6.42 Å². The lowest BCUT2D eigenvalue weighted by molar-refractivity contribution is 0.550. The van der Waals surface area contributed by atoms with E-state index in [9.17, 15) is 5.26 Å². The fourth-order valence-electron chi connectivity index (χ4n) is 7.58. The summed E-state index contributed by atoms with van der Waals surface area (Å²) in [5.74, 6) is 1.03. The van der Waals surface area contributed by atoms with Crippen molar-refractivity contribution < 1.29 is 8.83 Å². The molecule has 1 aliphatic carbocycles. The Morgan fingerprint density at radius 2 is 1.34 bits per heavy atom. The van der Waals surface area contributed by atoms with Crippen molar-refractivity contribution in [3.63, 3.8) is 0 Å². The summed E-state index contributed by atoms with van der Waals surface area (Å²) in [6.07, 6.45) is 4.11. The minimum absolute atomic E-state index is 0.617. The van der Waals surface area contributed by atoms with Crippen LogP contribution in [0.15, 0.2) is 136 Å². The first-order chi connectivity index (χ1) is 23.2. The van der Waals surface area contributed by atoms with Gasteiger partial charge >= 0.3 is 0 Å². The number of hydrogen-bond donors (Lipinski definition) is 0.